The van der Waals surface area contributed by atoms with Crippen molar-refractivity contribution in [3.63, 3.8) is 0 Å². The molecule has 0 unspecified atom stereocenters. The number of benzene rings is 2. The molecule has 2 aromatic carbocycles. The van der Waals surface area contributed by atoms with Gasteiger partial charge in [-0.1, -0.05) is 12.0 Å². The quantitative estimate of drug-likeness (QED) is 0.280. The van der Waals surface area contributed by atoms with Crippen LogP contribution in [0.4, 0.5) is 18.9 Å². The highest BCUT2D eigenvalue weighted by atomic mass is 19.4. The number of hydrogen-bond acceptors (Lipinski definition) is 5. The van der Waals surface area contributed by atoms with Gasteiger partial charge in [0.05, 0.1) is 30.1 Å². The molecular weight excluding hydrogens is 451 g/mol. The molecule has 1 heterocycles. The van der Waals surface area contributed by atoms with E-state index in [-0.39, 0.29) is 36.0 Å². The van der Waals surface area contributed by atoms with E-state index < -0.39 is 17.8 Å². The van der Waals surface area contributed by atoms with Gasteiger partial charge in [0, 0.05) is 17.0 Å². The molecular formula is C23H16F3N5O3. The van der Waals surface area contributed by atoms with Gasteiger partial charge in [-0.15, -0.1) is 0 Å². The Kier molecular flexibility index (Phi) is 7.52. The number of carbonyl (C=O) groups is 2. The third-order valence-electron chi connectivity index (χ3n) is 4.28. The van der Waals surface area contributed by atoms with Crippen LogP contribution >= 0.6 is 0 Å². The summed E-state index contributed by atoms with van der Waals surface area (Å²) in [6, 6.07) is 12.6. The normalized spacial score (nSPS) is 10.4. The number of aromatic nitrogens is 2. The Morgan fingerprint density at radius 2 is 2.00 bits per heavy atom. The van der Waals surface area contributed by atoms with Gasteiger partial charge in [-0.25, -0.2) is 4.98 Å². The van der Waals surface area contributed by atoms with Gasteiger partial charge in [0.2, 0.25) is 6.41 Å². The first kappa shape index (κ1) is 23.9. The molecule has 11 heteroatoms. The fourth-order valence-electron chi connectivity index (χ4n) is 2.74. The molecule has 0 radical (unpaired) electrons. The van der Waals surface area contributed by atoms with E-state index in [0.717, 1.165) is 0 Å². The maximum atomic E-state index is 12.9. The molecule has 172 valence electrons. The predicted octanol–water partition coefficient (Wildman–Crippen LogP) is 3.08. The SMILES string of the molecule is N#Cc1cccc(C#CC(=O)Nc2cc(-c3ncc(C(F)(F)F)[nH]3)ccc2OCCNC=O)c1. The number of hydrogen-bond donors (Lipinski definition) is 3. The number of nitriles is 1. The Balaban J connectivity index is 1.86. The smallest absolute Gasteiger partial charge is 0.432 e. The molecule has 0 saturated heterocycles. The van der Waals surface area contributed by atoms with Gasteiger partial charge in [0.25, 0.3) is 0 Å². The van der Waals surface area contributed by atoms with E-state index in [4.69, 9.17) is 10.00 Å². The highest BCUT2D eigenvalue weighted by Gasteiger charge is 2.33. The minimum Gasteiger partial charge on any atom is -0.490 e. The van der Waals surface area contributed by atoms with Crippen molar-refractivity contribution < 1.29 is 27.5 Å². The van der Waals surface area contributed by atoms with Gasteiger partial charge in [0.15, 0.2) is 0 Å². The van der Waals surface area contributed by atoms with Crippen LogP contribution in [0.3, 0.4) is 0 Å². The second-order valence-electron chi connectivity index (χ2n) is 6.67. The number of nitrogens with one attached hydrogen (secondary N) is 3. The van der Waals surface area contributed by atoms with Crippen LogP contribution in [-0.4, -0.2) is 35.4 Å². The zero-order chi connectivity index (χ0) is 24.6. The predicted molar refractivity (Wildman–Crippen MR) is 115 cm³/mol. The Labute approximate surface area is 191 Å². The van der Waals surface area contributed by atoms with Crippen LogP contribution in [0.5, 0.6) is 5.75 Å². The number of imidazole rings is 1. The van der Waals surface area contributed by atoms with Gasteiger partial charge >= 0.3 is 12.1 Å². The molecule has 0 saturated carbocycles. The first-order chi connectivity index (χ1) is 16.3. The van der Waals surface area contributed by atoms with E-state index in [0.29, 0.717) is 23.7 Å². The van der Waals surface area contributed by atoms with E-state index in [1.165, 1.54) is 24.3 Å². The molecule has 3 rings (SSSR count). The zero-order valence-electron chi connectivity index (χ0n) is 17.4. The van der Waals surface area contributed by atoms with Gasteiger partial charge in [-0.2, -0.15) is 18.4 Å². The second-order valence-corrected chi connectivity index (χ2v) is 6.67. The lowest BCUT2D eigenvalue weighted by Crippen LogP contribution is -2.19. The van der Waals surface area contributed by atoms with E-state index in [2.05, 4.69) is 32.4 Å². The average molecular weight is 467 g/mol. The fraction of sp³-hybridized carbons (Fsp3) is 0.130. The Hall–Kier alpha value is -4.77. The molecule has 3 N–H and O–H groups in total. The van der Waals surface area contributed by atoms with Gasteiger partial charge < -0.3 is 20.4 Å². The molecule has 1 aromatic heterocycles. The van der Waals surface area contributed by atoms with Crippen molar-refractivity contribution in [2.24, 2.45) is 0 Å². The molecule has 0 atom stereocenters. The maximum absolute atomic E-state index is 12.9. The minimum atomic E-state index is -4.59. The Morgan fingerprint density at radius 3 is 2.71 bits per heavy atom. The van der Waals surface area contributed by atoms with Crippen LogP contribution in [0.15, 0.2) is 48.7 Å². The van der Waals surface area contributed by atoms with Crippen molar-refractivity contribution in [3.8, 4) is 35.0 Å². The van der Waals surface area contributed by atoms with Crippen molar-refractivity contribution in [1.29, 1.82) is 5.26 Å². The van der Waals surface area contributed by atoms with E-state index in [1.54, 1.807) is 18.2 Å². The fourth-order valence-corrected chi connectivity index (χ4v) is 2.74. The monoisotopic (exact) mass is 467 g/mol. The van der Waals surface area contributed by atoms with E-state index >= 15 is 0 Å². The van der Waals surface area contributed by atoms with Crippen LogP contribution in [0, 0.1) is 23.2 Å². The highest BCUT2D eigenvalue weighted by molar-refractivity contribution is 6.05. The second kappa shape index (κ2) is 10.7. The molecule has 8 nitrogen and oxygen atoms in total. The highest BCUT2D eigenvalue weighted by Crippen LogP contribution is 2.32. The standard InChI is InChI=1S/C23H16F3N5O3/c24-23(25,26)20-13-29-22(31-20)17-5-6-19(34-9-8-28-14-32)18(11-17)30-21(33)7-4-15-2-1-3-16(10-15)12-27/h1-3,5-6,10-11,13-14H,8-9H2,(H,28,32)(H,29,31)(H,30,33). The number of nitrogens with zero attached hydrogens (tertiary/aromatic N) is 2. The molecule has 0 aliphatic rings. The molecule has 3 aromatic rings. The van der Waals surface area contributed by atoms with Gasteiger partial charge in [0.1, 0.15) is 23.9 Å². The molecule has 34 heavy (non-hydrogen) atoms. The molecule has 0 bridgehead atoms. The third kappa shape index (κ3) is 6.37. The van der Waals surface area contributed by atoms with Crippen molar-refractivity contribution in [3.05, 3.63) is 65.5 Å². The van der Waals surface area contributed by atoms with Gasteiger partial charge in [-0.05, 0) is 36.4 Å². The number of anilines is 1. The van der Waals surface area contributed by atoms with Crippen LogP contribution in [0.1, 0.15) is 16.8 Å². The lowest BCUT2D eigenvalue weighted by Gasteiger charge is -2.12. The lowest BCUT2D eigenvalue weighted by molar-refractivity contribution is -0.140. The maximum Gasteiger partial charge on any atom is 0.432 e. The van der Waals surface area contributed by atoms with E-state index in [9.17, 15) is 22.8 Å². The Bertz CT molecular complexity index is 1300. The van der Waals surface area contributed by atoms with Crippen molar-refractivity contribution >= 4 is 18.0 Å². The lowest BCUT2D eigenvalue weighted by atomic mass is 10.1. The number of ether oxygens (including phenoxy) is 1. The number of carbonyl (C=O) groups excluding carboxylic acids is 2. The van der Waals surface area contributed by atoms with Crippen LogP contribution in [-0.2, 0) is 15.8 Å². The van der Waals surface area contributed by atoms with Crippen LogP contribution in [0.25, 0.3) is 11.4 Å². The molecule has 0 fully saturated rings. The van der Waals surface area contributed by atoms with Crippen molar-refractivity contribution in [2.45, 2.75) is 6.18 Å². The molecule has 2 amide bonds. The number of aromatic amines is 1. The van der Waals surface area contributed by atoms with Crippen LogP contribution in [0.2, 0.25) is 0 Å². The summed E-state index contributed by atoms with van der Waals surface area (Å²) in [5, 5.41) is 13.9. The summed E-state index contributed by atoms with van der Waals surface area (Å²) >= 11 is 0. The number of alkyl halides is 3. The first-order valence-corrected chi connectivity index (χ1v) is 9.70. The van der Waals surface area contributed by atoms with Crippen molar-refractivity contribution in [1.82, 2.24) is 15.3 Å². The first-order valence-electron chi connectivity index (χ1n) is 9.70. The average Bonchev–Trinajstić information content (AvgIpc) is 3.32. The summed E-state index contributed by atoms with van der Waals surface area (Å²) in [7, 11) is 0. The van der Waals surface area contributed by atoms with Crippen LogP contribution < -0.4 is 15.4 Å². The van der Waals surface area contributed by atoms with Gasteiger partial charge in [-0.3, -0.25) is 9.59 Å². The minimum absolute atomic E-state index is 0.0589. The Morgan fingerprint density at radius 1 is 1.21 bits per heavy atom. The molecule has 0 aliphatic heterocycles. The number of H-pyrrole nitrogens is 1. The number of halogens is 3. The molecule has 0 aliphatic carbocycles. The van der Waals surface area contributed by atoms with Crippen molar-refractivity contribution in [2.75, 3.05) is 18.5 Å². The zero-order valence-corrected chi connectivity index (χ0v) is 17.4. The largest absolute Gasteiger partial charge is 0.490 e. The summed E-state index contributed by atoms with van der Waals surface area (Å²) in [5.41, 5.74) is 0.224. The molecule has 0 spiro atoms. The number of amides is 2. The summed E-state index contributed by atoms with van der Waals surface area (Å²) in [4.78, 5) is 28.7. The summed E-state index contributed by atoms with van der Waals surface area (Å²) < 4.78 is 44.2. The topological polar surface area (TPSA) is 120 Å². The summed E-state index contributed by atoms with van der Waals surface area (Å²) in [6.45, 7) is 0.271. The summed E-state index contributed by atoms with van der Waals surface area (Å²) in [6.07, 6.45) is -3.42. The number of rotatable bonds is 7. The summed E-state index contributed by atoms with van der Waals surface area (Å²) in [5.74, 6) is 4.46. The van der Waals surface area contributed by atoms with E-state index in [1.807, 2.05) is 6.07 Å². The third-order valence-corrected chi connectivity index (χ3v) is 4.28.